The summed E-state index contributed by atoms with van der Waals surface area (Å²) in [6.07, 6.45) is 11.7. The Kier molecular flexibility index (Phi) is 4.57. The molecule has 0 radical (unpaired) electrons. The molecule has 7 atom stereocenters. The van der Waals surface area contributed by atoms with E-state index < -0.39 is 0 Å². The van der Waals surface area contributed by atoms with Gasteiger partial charge in [-0.25, -0.2) is 0 Å². The van der Waals surface area contributed by atoms with Crippen molar-refractivity contribution in [2.45, 2.75) is 77.1 Å². The summed E-state index contributed by atoms with van der Waals surface area (Å²) < 4.78 is 5.78. The van der Waals surface area contributed by atoms with Crippen molar-refractivity contribution in [3.8, 4) is 0 Å². The van der Waals surface area contributed by atoms with Crippen LogP contribution in [-0.2, 0) is 14.3 Å². The van der Waals surface area contributed by atoms with E-state index in [1.54, 1.807) is 6.92 Å². The molecule has 4 aliphatic carbocycles. The smallest absolute Gasteiger partial charge is 0.302 e. The predicted molar refractivity (Wildman–Crippen MR) is 105 cm³/mol. The van der Waals surface area contributed by atoms with Crippen LogP contribution in [0.4, 0.5) is 0 Å². The highest BCUT2D eigenvalue weighted by molar-refractivity contribution is 7.99. The van der Waals surface area contributed by atoms with Gasteiger partial charge >= 0.3 is 5.97 Å². The molecule has 0 N–H and O–H groups in total. The molecule has 0 aliphatic heterocycles. The van der Waals surface area contributed by atoms with Crippen LogP contribution in [0.2, 0.25) is 0 Å². The number of esters is 1. The fraction of sp³-hybridized carbons (Fsp3) is 0.818. The molecule has 144 valence electrons. The zero-order chi connectivity index (χ0) is 18.7. The lowest BCUT2D eigenvalue weighted by molar-refractivity contribution is -0.157. The number of ketones is 1. The van der Waals surface area contributed by atoms with Gasteiger partial charge in [-0.3, -0.25) is 9.59 Å². The van der Waals surface area contributed by atoms with E-state index in [0.29, 0.717) is 35.2 Å². The summed E-state index contributed by atoms with van der Waals surface area (Å²) in [5, 5.41) is 0.589. The summed E-state index contributed by atoms with van der Waals surface area (Å²) in [6, 6.07) is 0. The maximum absolute atomic E-state index is 12.1. The Bertz CT molecular complexity index is 656. The predicted octanol–water partition coefficient (Wildman–Crippen LogP) is 4.79. The molecule has 0 spiro atoms. The van der Waals surface area contributed by atoms with E-state index in [1.165, 1.54) is 18.4 Å². The number of rotatable bonds is 2. The van der Waals surface area contributed by atoms with Crippen molar-refractivity contribution in [3.63, 3.8) is 0 Å². The second-order valence-corrected chi connectivity index (χ2v) is 10.6. The standard InChI is InChI=1S/C22H32O3S/c1-13(23)25-19-6-5-16-20-17(8-10-22(16,19)3)21(2)9-7-15(24)11-14(21)12-18(20)26-4/h11,16-20H,5-10,12H2,1-4H3. The van der Waals surface area contributed by atoms with Crippen molar-refractivity contribution in [1.29, 1.82) is 0 Å². The van der Waals surface area contributed by atoms with E-state index in [1.807, 2.05) is 17.8 Å². The summed E-state index contributed by atoms with van der Waals surface area (Å²) >= 11 is 1.99. The Morgan fingerprint density at radius 2 is 1.96 bits per heavy atom. The first kappa shape index (κ1) is 18.6. The van der Waals surface area contributed by atoms with Crippen molar-refractivity contribution in [1.82, 2.24) is 0 Å². The van der Waals surface area contributed by atoms with Gasteiger partial charge in [0, 0.05) is 24.0 Å². The van der Waals surface area contributed by atoms with Crippen LogP contribution in [0.25, 0.3) is 0 Å². The van der Waals surface area contributed by atoms with E-state index in [9.17, 15) is 9.59 Å². The third-order valence-electron chi connectivity index (χ3n) is 8.48. The molecule has 0 aromatic carbocycles. The molecule has 0 aromatic heterocycles. The minimum atomic E-state index is -0.132. The normalized spacial score (nSPS) is 47.5. The van der Waals surface area contributed by atoms with Gasteiger partial charge < -0.3 is 4.74 Å². The zero-order valence-corrected chi connectivity index (χ0v) is 17.4. The molecule has 3 saturated carbocycles. The van der Waals surface area contributed by atoms with E-state index >= 15 is 0 Å². The van der Waals surface area contributed by atoms with Crippen molar-refractivity contribution < 1.29 is 14.3 Å². The fourth-order valence-electron chi connectivity index (χ4n) is 7.09. The van der Waals surface area contributed by atoms with E-state index in [4.69, 9.17) is 4.74 Å². The number of ether oxygens (including phenoxy) is 1. The first-order valence-electron chi connectivity index (χ1n) is 10.2. The number of carbonyl (C=O) groups is 2. The molecular weight excluding hydrogens is 344 g/mol. The lowest BCUT2D eigenvalue weighted by Gasteiger charge is -2.60. The fourth-order valence-corrected chi connectivity index (χ4v) is 8.13. The third-order valence-corrected chi connectivity index (χ3v) is 9.57. The molecule has 4 aliphatic rings. The lowest BCUT2D eigenvalue weighted by atomic mass is 9.47. The van der Waals surface area contributed by atoms with Gasteiger partial charge in [0.2, 0.25) is 0 Å². The van der Waals surface area contributed by atoms with Crippen LogP contribution >= 0.6 is 11.8 Å². The van der Waals surface area contributed by atoms with Gasteiger partial charge in [-0.1, -0.05) is 19.4 Å². The Balaban J connectivity index is 1.69. The van der Waals surface area contributed by atoms with Gasteiger partial charge in [-0.05, 0) is 74.0 Å². The summed E-state index contributed by atoms with van der Waals surface area (Å²) in [5.41, 5.74) is 1.75. The summed E-state index contributed by atoms with van der Waals surface area (Å²) in [4.78, 5) is 23.7. The highest BCUT2D eigenvalue weighted by Gasteiger charge is 2.62. The van der Waals surface area contributed by atoms with Gasteiger partial charge in [0.05, 0.1) is 0 Å². The zero-order valence-electron chi connectivity index (χ0n) is 16.5. The number of fused-ring (bicyclic) bond motifs is 5. The third kappa shape index (κ3) is 2.62. The van der Waals surface area contributed by atoms with Crippen LogP contribution < -0.4 is 0 Å². The van der Waals surface area contributed by atoms with Gasteiger partial charge in [0.25, 0.3) is 0 Å². The average molecular weight is 377 g/mol. The molecule has 7 unspecified atom stereocenters. The van der Waals surface area contributed by atoms with Crippen molar-refractivity contribution in [2.75, 3.05) is 6.26 Å². The van der Waals surface area contributed by atoms with Crippen molar-refractivity contribution in [2.24, 2.45) is 28.6 Å². The minimum Gasteiger partial charge on any atom is -0.462 e. The topological polar surface area (TPSA) is 43.4 Å². The van der Waals surface area contributed by atoms with Crippen molar-refractivity contribution >= 4 is 23.5 Å². The number of thioether (sulfide) groups is 1. The highest BCUT2D eigenvalue weighted by atomic mass is 32.2. The molecule has 26 heavy (non-hydrogen) atoms. The van der Waals surface area contributed by atoms with E-state index in [0.717, 1.165) is 25.7 Å². The minimum absolute atomic E-state index is 0.0890. The molecule has 0 bridgehead atoms. The molecule has 4 heteroatoms. The Hall–Kier alpha value is -0.770. The van der Waals surface area contributed by atoms with Crippen LogP contribution in [0.15, 0.2) is 11.6 Å². The van der Waals surface area contributed by atoms with E-state index in [2.05, 4.69) is 20.1 Å². The van der Waals surface area contributed by atoms with Crippen LogP contribution in [-0.4, -0.2) is 29.4 Å². The number of hydrogen-bond acceptors (Lipinski definition) is 4. The van der Waals surface area contributed by atoms with Crippen LogP contribution in [0, 0.1) is 28.6 Å². The average Bonchev–Trinajstić information content (AvgIpc) is 2.91. The molecule has 0 heterocycles. The molecule has 3 nitrogen and oxygen atoms in total. The Morgan fingerprint density at radius 3 is 2.65 bits per heavy atom. The first-order valence-corrected chi connectivity index (χ1v) is 11.5. The van der Waals surface area contributed by atoms with Gasteiger partial charge in [0.15, 0.2) is 5.78 Å². The monoisotopic (exact) mass is 376 g/mol. The molecule has 0 aromatic rings. The molecular formula is C22H32O3S. The second-order valence-electron chi connectivity index (χ2n) is 9.54. The summed E-state index contributed by atoms with van der Waals surface area (Å²) in [7, 11) is 0. The van der Waals surface area contributed by atoms with Gasteiger partial charge in [-0.2, -0.15) is 11.8 Å². The van der Waals surface area contributed by atoms with Crippen LogP contribution in [0.3, 0.4) is 0 Å². The van der Waals surface area contributed by atoms with Crippen LogP contribution in [0.1, 0.15) is 65.7 Å². The lowest BCUT2D eigenvalue weighted by Crippen LogP contribution is -2.55. The van der Waals surface area contributed by atoms with Gasteiger partial charge in [-0.15, -0.1) is 0 Å². The SMILES string of the molecule is CSC1CC2=CC(=O)CCC2(C)C2CCC3(C)C(OC(C)=O)CCC3C12. The molecule has 0 amide bonds. The maximum atomic E-state index is 12.1. The largest absolute Gasteiger partial charge is 0.462 e. The number of carbonyl (C=O) groups excluding carboxylic acids is 2. The number of allylic oxidation sites excluding steroid dienone is 1. The number of hydrogen-bond donors (Lipinski definition) is 0. The van der Waals surface area contributed by atoms with Crippen LogP contribution in [0.5, 0.6) is 0 Å². The maximum Gasteiger partial charge on any atom is 0.302 e. The first-order chi connectivity index (χ1) is 12.3. The Morgan fingerprint density at radius 1 is 1.19 bits per heavy atom. The van der Waals surface area contributed by atoms with Crippen molar-refractivity contribution in [3.05, 3.63) is 11.6 Å². The van der Waals surface area contributed by atoms with Gasteiger partial charge in [0.1, 0.15) is 6.10 Å². The summed E-state index contributed by atoms with van der Waals surface area (Å²) in [6.45, 7) is 6.36. The second kappa shape index (κ2) is 6.39. The molecule has 3 fully saturated rings. The van der Waals surface area contributed by atoms with E-state index in [-0.39, 0.29) is 22.9 Å². The highest BCUT2D eigenvalue weighted by Crippen LogP contribution is 2.66. The summed E-state index contributed by atoms with van der Waals surface area (Å²) in [5.74, 6) is 2.18. The quantitative estimate of drug-likeness (QED) is 0.650. The molecule has 0 saturated heterocycles. The Labute approximate surface area is 161 Å². The molecule has 4 rings (SSSR count).